The molecule has 0 spiro atoms. The fraction of sp³-hybridized carbons (Fsp3) is 0.373. The van der Waals surface area contributed by atoms with Crippen molar-refractivity contribution in [3.8, 4) is 0 Å². The van der Waals surface area contributed by atoms with Gasteiger partial charge in [-0.1, -0.05) is 78.9 Å². The third-order valence-corrected chi connectivity index (χ3v) is 13.7. The zero-order valence-electron chi connectivity index (χ0n) is 34.2. The van der Waals surface area contributed by atoms with Crippen molar-refractivity contribution in [3.63, 3.8) is 0 Å². The number of hydrogen-bond acceptors (Lipinski definition) is 8. The van der Waals surface area contributed by atoms with Gasteiger partial charge < -0.3 is 21.1 Å². The summed E-state index contributed by atoms with van der Waals surface area (Å²) in [6.07, 6.45) is 11.3. The molecule has 6 saturated heterocycles. The van der Waals surface area contributed by atoms with E-state index < -0.39 is 12.2 Å². The molecule has 0 radical (unpaired) electrons. The number of aromatic nitrogens is 2. The Labute approximate surface area is 348 Å². The third kappa shape index (κ3) is 8.49. The average Bonchev–Trinajstić information content (AvgIpc) is 3.30. The Morgan fingerprint density at radius 1 is 0.678 bits per heavy atom. The zero-order chi connectivity index (χ0) is 41.0. The van der Waals surface area contributed by atoms with Crippen LogP contribution in [0.5, 0.6) is 0 Å². The third-order valence-electron chi connectivity index (χ3n) is 13.7. The molecule has 0 aliphatic carbocycles. The summed E-state index contributed by atoms with van der Waals surface area (Å²) in [6, 6.07) is 32.8. The Kier molecular flexibility index (Phi) is 12.6. The highest BCUT2D eigenvalue weighted by molar-refractivity contribution is 5.86. The topological polar surface area (TPSA) is 119 Å². The smallest absolute Gasteiger partial charge is 0.0952 e. The van der Waals surface area contributed by atoms with E-state index in [1.165, 1.54) is 29.2 Å². The summed E-state index contributed by atoms with van der Waals surface area (Å²) in [7, 11) is 0. The minimum Gasteiger partial charge on any atom is -0.392 e. The van der Waals surface area contributed by atoms with E-state index in [9.17, 15) is 15.3 Å². The molecule has 12 rings (SSSR count). The first-order chi connectivity index (χ1) is 28.8. The summed E-state index contributed by atoms with van der Waals surface area (Å²) in [5, 5.41) is 36.1. The van der Waals surface area contributed by atoms with Crippen LogP contribution in [-0.2, 0) is 6.61 Å². The number of fused-ring (bicyclic) bond motifs is 9. The lowest BCUT2D eigenvalue weighted by atomic mass is 9.73. The van der Waals surface area contributed by atoms with E-state index in [1.807, 2.05) is 73.8 Å². The molecular weight excluding hydrogens is 731 g/mol. The van der Waals surface area contributed by atoms with Crippen molar-refractivity contribution in [1.29, 1.82) is 0 Å². The molecule has 5 N–H and O–H groups in total. The molecule has 2 aromatic heterocycles. The Bertz CT molecular complexity index is 2390. The number of piperidine rings is 6. The summed E-state index contributed by atoms with van der Waals surface area (Å²) < 4.78 is 0. The van der Waals surface area contributed by atoms with E-state index in [-0.39, 0.29) is 24.7 Å². The van der Waals surface area contributed by atoms with E-state index in [0.717, 1.165) is 77.5 Å². The molecule has 4 aromatic carbocycles. The van der Waals surface area contributed by atoms with Gasteiger partial charge in [-0.05, 0) is 133 Å². The lowest BCUT2D eigenvalue weighted by Gasteiger charge is -2.50. The standard InChI is InChI=1S/C20H24N2O2.C19H22N2O.C12H13N/c1-2-14-11-22-8-6-15(14)10-19(22)20(24)16-5-7-21-18-4-3-13(12-23)9-17(16)18;1-2-13-12-21-10-8-14(13)11-18(21)19(22)16-7-9-20-17-6-4-3-5-15(16)17;1-9(13)11-8-4-6-10-5-2-3-7-12(10)11/h2-5,7,9,14-15,19-20,23-24H,1,6,8,10-12H2;2-7,9,13-14,18-19,22H,1,8,10-12H2;2-9H,13H2,1H3/t14-,15?,19+,20+;13-,14?,18+,19-;9-/m001/s1. The monoisotopic (exact) mass is 789 g/mol. The molecule has 11 atom stereocenters. The van der Waals surface area contributed by atoms with Crippen molar-refractivity contribution in [2.45, 2.75) is 69.5 Å². The lowest BCUT2D eigenvalue weighted by molar-refractivity contribution is -0.0445. The number of nitrogens with two attached hydrogens (primary N) is 1. The summed E-state index contributed by atoms with van der Waals surface area (Å²) in [4.78, 5) is 13.7. The van der Waals surface area contributed by atoms with Gasteiger partial charge in [0.15, 0.2) is 0 Å². The molecule has 6 aliphatic heterocycles. The van der Waals surface area contributed by atoms with Gasteiger partial charge in [-0.3, -0.25) is 19.8 Å². The molecule has 0 saturated carbocycles. The highest BCUT2D eigenvalue weighted by atomic mass is 16.3. The first-order valence-electron chi connectivity index (χ1n) is 21.4. The highest BCUT2D eigenvalue weighted by Gasteiger charge is 2.43. The molecule has 6 aromatic rings. The van der Waals surface area contributed by atoms with Crippen molar-refractivity contribution < 1.29 is 15.3 Å². The van der Waals surface area contributed by atoms with Crippen LogP contribution in [0.1, 0.15) is 73.1 Å². The van der Waals surface area contributed by atoms with Crippen LogP contribution in [0.4, 0.5) is 0 Å². The first-order valence-corrected chi connectivity index (χ1v) is 21.4. The minimum atomic E-state index is -0.530. The number of nitrogens with zero attached hydrogens (tertiary/aromatic N) is 4. The maximum absolute atomic E-state index is 11.1. The number of benzene rings is 4. The maximum atomic E-state index is 11.1. The molecule has 8 heteroatoms. The van der Waals surface area contributed by atoms with Gasteiger partial charge in [-0.15, -0.1) is 13.2 Å². The van der Waals surface area contributed by atoms with Crippen LogP contribution in [0.25, 0.3) is 32.6 Å². The van der Waals surface area contributed by atoms with E-state index in [4.69, 9.17) is 5.73 Å². The van der Waals surface area contributed by atoms with E-state index >= 15 is 0 Å². The normalized spacial score (nSPS) is 27.2. The van der Waals surface area contributed by atoms with Gasteiger partial charge in [0.05, 0.1) is 29.8 Å². The number of hydrogen-bond donors (Lipinski definition) is 4. The molecule has 8 nitrogen and oxygen atoms in total. The quantitative estimate of drug-likeness (QED) is 0.113. The number of aliphatic hydroxyl groups is 3. The molecule has 6 aliphatic rings. The minimum absolute atomic E-state index is 0.000980. The van der Waals surface area contributed by atoms with Crippen LogP contribution in [0.15, 0.2) is 135 Å². The zero-order valence-corrected chi connectivity index (χ0v) is 34.2. The summed E-state index contributed by atoms with van der Waals surface area (Å²) in [6.45, 7) is 14.2. The molecular formula is C51H59N5O3. The average molecular weight is 790 g/mol. The van der Waals surface area contributed by atoms with Gasteiger partial charge in [0.25, 0.3) is 0 Å². The number of rotatable bonds is 8. The van der Waals surface area contributed by atoms with Crippen molar-refractivity contribution in [1.82, 2.24) is 19.8 Å². The van der Waals surface area contributed by atoms with Gasteiger partial charge in [0.2, 0.25) is 0 Å². The summed E-state index contributed by atoms with van der Waals surface area (Å²) in [5.41, 5.74) is 11.7. The fourth-order valence-electron chi connectivity index (χ4n) is 10.4. The summed E-state index contributed by atoms with van der Waals surface area (Å²) >= 11 is 0. The van der Waals surface area contributed by atoms with Crippen LogP contribution in [0.2, 0.25) is 0 Å². The second-order valence-electron chi connectivity index (χ2n) is 17.1. The Morgan fingerprint density at radius 2 is 1.22 bits per heavy atom. The predicted octanol–water partition coefficient (Wildman–Crippen LogP) is 8.68. The SMILES string of the molecule is C=C[C@H]1CN2CCC1C[C@@H]2[C@@H](O)c1ccnc2ccccc12.C=C[C@H]1CN2CCC1C[C@@H]2[C@H](O)c1ccnc2ccc(CO)cc12.C[C@@H](N)c1cccc2ccccc12. The Morgan fingerprint density at radius 3 is 1.78 bits per heavy atom. The van der Waals surface area contributed by atoms with Gasteiger partial charge in [-0.2, -0.15) is 0 Å². The first kappa shape index (κ1) is 41.0. The van der Waals surface area contributed by atoms with Crippen molar-refractivity contribution in [2.75, 3.05) is 26.2 Å². The van der Waals surface area contributed by atoms with Crippen LogP contribution < -0.4 is 5.73 Å². The van der Waals surface area contributed by atoms with Crippen molar-refractivity contribution >= 4 is 32.6 Å². The number of pyridine rings is 2. The molecule has 4 unspecified atom stereocenters. The molecule has 4 bridgehead atoms. The van der Waals surface area contributed by atoms with E-state index in [1.54, 1.807) is 6.20 Å². The highest BCUT2D eigenvalue weighted by Crippen LogP contribution is 2.43. The lowest BCUT2D eigenvalue weighted by Crippen LogP contribution is -2.54. The van der Waals surface area contributed by atoms with Crippen LogP contribution in [-0.4, -0.2) is 73.4 Å². The second-order valence-corrected chi connectivity index (χ2v) is 17.1. The van der Waals surface area contributed by atoms with Gasteiger partial charge in [-0.25, -0.2) is 0 Å². The van der Waals surface area contributed by atoms with Crippen molar-refractivity contribution in [3.05, 3.63) is 157 Å². The second kappa shape index (κ2) is 18.2. The molecule has 306 valence electrons. The predicted molar refractivity (Wildman–Crippen MR) is 239 cm³/mol. The van der Waals surface area contributed by atoms with Gasteiger partial charge in [0.1, 0.15) is 0 Å². The van der Waals surface area contributed by atoms with Crippen LogP contribution in [0.3, 0.4) is 0 Å². The Balaban J connectivity index is 0.000000128. The largest absolute Gasteiger partial charge is 0.392 e. The summed E-state index contributed by atoms with van der Waals surface area (Å²) in [5.74, 6) is 2.45. The molecule has 0 amide bonds. The number of para-hydroxylation sites is 1. The maximum Gasteiger partial charge on any atom is 0.0952 e. The fourth-order valence-corrected chi connectivity index (χ4v) is 10.4. The molecule has 8 heterocycles. The number of aliphatic hydroxyl groups excluding tert-OH is 3. The Hall–Kier alpha value is -4.80. The molecule has 59 heavy (non-hydrogen) atoms. The van der Waals surface area contributed by atoms with Gasteiger partial charge >= 0.3 is 0 Å². The van der Waals surface area contributed by atoms with Crippen LogP contribution in [0, 0.1) is 23.7 Å². The molecule has 6 fully saturated rings. The van der Waals surface area contributed by atoms with E-state index in [0.29, 0.717) is 23.7 Å². The van der Waals surface area contributed by atoms with Crippen molar-refractivity contribution in [2.24, 2.45) is 29.4 Å². The van der Waals surface area contributed by atoms with Crippen LogP contribution >= 0.6 is 0 Å². The van der Waals surface area contributed by atoms with Gasteiger partial charge in [0, 0.05) is 54.4 Å². The van der Waals surface area contributed by atoms with E-state index in [2.05, 4.69) is 81.5 Å².